The molecule has 1 aromatic rings. The Morgan fingerprint density at radius 1 is 1.85 bits per heavy atom. The lowest BCUT2D eigenvalue weighted by molar-refractivity contribution is -0.148. The number of hydrogen-bond acceptors (Lipinski definition) is 3. The molecule has 0 aliphatic carbocycles. The molecule has 0 fully saturated rings. The summed E-state index contributed by atoms with van der Waals surface area (Å²) in [7, 11) is 3.21. The van der Waals surface area contributed by atoms with Gasteiger partial charge in [-0.1, -0.05) is 0 Å². The van der Waals surface area contributed by atoms with Crippen LogP contribution in [-0.4, -0.2) is 33.8 Å². The van der Waals surface area contributed by atoms with Crippen molar-refractivity contribution in [3.05, 3.63) is 18.2 Å². The SMILES string of the molecule is COC(Cc1cn(C)cn1)C(=O)O. The summed E-state index contributed by atoms with van der Waals surface area (Å²) in [6.45, 7) is 0. The smallest absolute Gasteiger partial charge is 0.333 e. The Hall–Kier alpha value is -1.36. The van der Waals surface area contributed by atoms with E-state index in [1.165, 1.54) is 7.11 Å². The van der Waals surface area contributed by atoms with E-state index in [9.17, 15) is 4.79 Å². The second-order valence-corrected chi connectivity index (χ2v) is 2.80. The highest BCUT2D eigenvalue weighted by Crippen LogP contribution is 2.02. The maximum absolute atomic E-state index is 10.6. The fourth-order valence-electron chi connectivity index (χ4n) is 1.03. The minimum absolute atomic E-state index is 0.298. The summed E-state index contributed by atoms with van der Waals surface area (Å²) in [4.78, 5) is 14.6. The first-order valence-electron chi connectivity index (χ1n) is 3.86. The summed E-state index contributed by atoms with van der Waals surface area (Å²) in [5.74, 6) is -0.965. The van der Waals surface area contributed by atoms with Gasteiger partial charge in [0.25, 0.3) is 0 Å². The number of aryl methyl sites for hydroxylation is 1. The zero-order valence-corrected chi connectivity index (χ0v) is 7.60. The van der Waals surface area contributed by atoms with E-state index < -0.39 is 12.1 Å². The number of carboxylic acid groups (broad SMARTS) is 1. The third-order valence-corrected chi connectivity index (χ3v) is 1.71. The molecule has 1 heterocycles. The number of nitrogens with zero attached hydrogens (tertiary/aromatic N) is 2. The quantitative estimate of drug-likeness (QED) is 0.718. The number of methoxy groups -OCH3 is 1. The lowest BCUT2D eigenvalue weighted by Gasteiger charge is -2.07. The lowest BCUT2D eigenvalue weighted by atomic mass is 10.2. The standard InChI is InChI=1S/C8H12N2O3/c1-10-4-6(9-5-10)3-7(13-2)8(11)12/h4-5,7H,3H2,1-2H3,(H,11,12). The summed E-state index contributed by atoms with van der Waals surface area (Å²) in [5, 5.41) is 8.68. The van der Waals surface area contributed by atoms with Crippen molar-refractivity contribution in [2.24, 2.45) is 7.05 Å². The Morgan fingerprint density at radius 2 is 2.54 bits per heavy atom. The highest BCUT2D eigenvalue weighted by atomic mass is 16.5. The Kier molecular flexibility index (Phi) is 3.02. The van der Waals surface area contributed by atoms with Crippen molar-refractivity contribution in [3.8, 4) is 0 Å². The van der Waals surface area contributed by atoms with E-state index in [2.05, 4.69) is 4.98 Å². The third-order valence-electron chi connectivity index (χ3n) is 1.71. The van der Waals surface area contributed by atoms with Crippen molar-refractivity contribution in [1.29, 1.82) is 0 Å². The van der Waals surface area contributed by atoms with E-state index in [1.807, 2.05) is 7.05 Å². The van der Waals surface area contributed by atoms with Gasteiger partial charge in [0.1, 0.15) is 0 Å². The first-order valence-corrected chi connectivity index (χ1v) is 3.86. The van der Waals surface area contributed by atoms with E-state index in [4.69, 9.17) is 9.84 Å². The van der Waals surface area contributed by atoms with Gasteiger partial charge in [0.2, 0.25) is 0 Å². The molecule has 0 saturated heterocycles. The molecule has 1 unspecified atom stereocenters. The average Bonchev–Trinajstić information content (AvgIpc) is 2.46. The molecule has 1 atom stereocenters. The number of carbonyl (C=O) groups is 1. The van der Waals surface area contributed by atoms with Crippen molar-refractivity contribution < 1.29 is 14.6 Å². The second-order valence-electron chi connectivity index (χ2n) is 2.80. The molecule has 1 aromatic heterocycles. The Balaban J connectivity index is 2.61. The van der Waals surface area contributed by atoms with Crippen LogP contribution in [0.1, 0.15) is 5.69 Å². The van der Waals surface area contributed by atoms with Crippen LogP contribution in [0.25, 0.3) is 0 Å². The summed E-state index contributed by atoms with van der Waals surface area (Å²) in [6.07, 6.45) is 2.89. The van der Waals surface area contributed by atoms with Crippen LogP contribution in [0.2, 0.25) is 0 Å². The molecule has 1 N–H and O–H groups in total. The van der Waals surface area contributed by atoms with Crippen LogP contribution >= 0.6 is 0 Å². The highest BCUT2D eigenvalue weighted by Gasteiger charge is 2.17. The first kappa shape index (κ1) is 9.73. The molecule has 1 rings (SSSR count). The van der Waals surface area contributed by atoms with Gasteiger partial charge in [0.05, 0.1) is 12.0 Å². The number of rotatable bonds is 4. The number of carboxylic acids is 1. The molecule has 72 valence electrons. The maximum Gasteiger partial charge on any atom is 0.333 e. The molecule has 5 nitrogen and oxygen atoms in total. The minimum atomic E-state index is -0.965. The monoisotopic (exact) mass is 184 g/mol. The Morgan fingerprint density at radius 3 is 2.92 bits per heavy atom. The number of hydrogen-bond donors (Lipinski definition) is 1. The van der Waals surface area contributed by atoms with Crippen molar-refractivity contribution in [3.63, 3.8) is 0 Å². The van der Waals surface area contributed by atoms with Gasteiger partial charge >= 0.3 is 5.97 Å². The van der Waals surface area contributed by atoms with Crippen molar-refractivity contribution in [2.45, 2.75) is 12.5 Å². The topological polar surface area (TPSA) is 64.4 Å². The van der Waals surface area contributed by atoms with Gasteiger partial charge in [-0.3, -0.25) is 0 Å². The van der Waals surface area contributed by atoms with Crippen LogP contribution in [0.15, 0.2) is 12.5 Å². The first-order chi connectivity index (χ1) is 6.13. The second kappa shape index (κ2) is 4.04. The van der Waals surface area contributed by atoms with Gasteiger partial charge < -0.3 is 14.4 Å². The maximum atomic E-state index is 10.6. The third kappa shape index (κ3) is 2.55. The number of aromatic nitrogens is 2. The lowest BCUT2D eigenvalue weighted by Crippen LogP contribution is -2.24. The van der Waals surface area contributed by atoms with Gasteiger partial charge in [-0.2, -0.15) is 0 Å². The number of aliphatic carboxylic acids is 1. The van der Waals surface area contributed by atoms with Gasteiger partial charge in [0, 0.05) is 26.8 Å². The van der Waals surface area contributed by atoms with Crippen LogP contribution in [-0.2, 0) is 23.0 Å². The fourth-order valence-corrected chi connectivity index (χ4v) is 1.03. The van der Waals surface area contributed by atoms with Crippen LogP contribution in [0, 0.1) is 0 Å². The van der Waals surface area contributed by atoms with E-state index in [0.29, 0.717) is 6.42 Å². The molecular weight excluding hydrogens is 172 g/mol. The molecule has 0 spiro atoms. The molecule has 0 aromatic carbocycles. The zero-order valence-electron chi connectivity index (χ0n) is 7.60. The minimum Gasteiger partial charge on any atom is -0.479 e. The number of ether oxygens (including phenoxy) is 1. The molecule has 0 radical (unpaired) electrons. The molecule has 0 bridgehead atoms. The van der Waals surface area contributed by atoms with E-state index >= 15 is 0 Å². The summed E-state index contributed by atoms with van der Waals surface area (Å²) in [5.41, 5.74) is 0.719. The van der Waals surface area contributed by atoms with Crippen LogP contribution in [0.5, 0.6) is 0 Å². The molecule has 5 heteroatoms. The van der Waals surface area contributed by atoms with Crippen molar-refractivity contribution in [2.75, 3.05) is 7.11 Å². The Bertz CT molecular complexity index is 295. The van der Waals surface area contributed by atoms with Crippen LogP contribution < -0.4 is 0 Å². The normalized spacial score (nSPS) is 12.8. The molecule has 13 heavy (non-hydrogen) atoms. The average molecular weight is 184 g/mol. The van der Waals surface area contributed by atoms with Gasteiger partial charge in [-0.15, -0.1) is 0 Å². The summed E-state index contributed by atoms with van der Waals surface area (Å²) < 4.78 is 6.54. The van der Waals surface area contributed by atoms with Crippen LogP contribution in [0.3, 0.4) is 0 Å². The Labute approximate surface area is 76.0 Å². The summed E-state index contributed by atoms with van der Waals surface area (Å²) in [6, 6.07) is 0. The van der Waals surface area contributed by atoms with Crippen molar-refractivity contribution >= 4 is 5.97 Å². The van der Waals surface area contributed by atoms with E-state index in [1.54, 1.807) is 17.1 Å². The molecule has 0 aliphatic rings. The molecule has 0 aliphatic heterocycles. The molecular formula is C8H12N2O3. The zero-order chi connectivity index (χ0) is 9.84. The van der Waals surface area contributed by atoms with Gasteiger partial charge in [-0.25, -0.2) is 9.78 Å². The van der Waals surface area contributed by atoms with Gasteiger partial charge in [-0.05, 0) is 0 Å². The predicted octanol–water partition coefficient (Wildman–Crippen LogP) is 0.0622. The van der Waals surface area contributed by atoms with E-state index in [0.717, 1.165) is 5.69 Å². The largest absolute Gasteiger partial charge is 0.479 e. The van der Waals surface area contributed by atoms with Crippen LogP contribution in [0.4, 0.5) is 0 Å². The highest BCUT2D eigenvalue weighted by molar-refractivity contribution is 5.72. The molecule has 0 amide bonds. The van der Waals surface area contributed by atoms with Gasteiger partial charge in [0.15, 0.2) is 6.10 Å². The summed E-state index contributed by atoms with van der Waals surface area (Å²) >= 11 is 0. The van der Waals surface area contributed by atoms with E-state index in [-0.39, 0.29) is 0 Å². The number of imidazole rings is 1. The fraction of sp³-hybridized carbons (Fsp3) is 0.500. The predicted molar refractivity (Wildman–Crippen MR) is 45.3 cm³/mol. The van der Waals surface area contributed by atoms with Crippen molar-refractivity contribution in [1.82, 2.24) is 9.55 Å². The molecule has 0 saturated carbocycles.